The molecule has 0 atom stereocenters. The van der Waals surface area contributed by atoms with E-state index in [0.717, 1.165) is 0 Å². The highest BCUT2D eigenvalue weighted by molar-refractivity contribution is 5.89. The minimum atomic E-state index is -0.426. The van der Waals surface area contributed by atoms with Crippen LogP contribution in [-0.2, 0) is 9.84 Å². The van der Waals surface area contributed by atoms with E-state index in [1.807, 2.05) is 0 Å². The van der Waals surface area contributed by atoms with Crippen molar-refractivity contribution in [3.05, 3.63) is 29.8 Å². The van der Waals surface area contributed by atoms with Gasteiger partial charge in [-0.2, -0.15) is 0 Å². The Balaban J connectivity index is 2.90. The third-order valence-corrected chi connectivity index (χ3v) is 1.28. The summed E-state index contributed by atoms with van der Waals surface area (Å²) in [6.45, 7) is 0. The van der Waals surface area contributed by atoms with Gasteiger partial charge in [-0.3, -0.25) is 5.11 Å². The number of carbonyl (C=O) groups excluding carboxylic acids is 1. The average molecular weight is 151 g/mol. The molecule has 0 aliphatic rings. The van der Waals surface area contributed by atoms with Crippen molar-refractivity contribution in [3.8, 4) is 5.75 Å². The molecule has 0 aromatic heterocycles. The summed E-state index contributed by atoms with van der Waals surface area (Å²) < 4.78 is 4.44. The fourth-order valence-electron chi connectivity index (χ4n) is 0.709. The Morgan fingerprint density at radius 1 is 1.27 bits per heavy atom. The quantitative estimate of drug-likeness (QED) is 0.572. The van der Waals surface area contributed by atoms with Gasteiger partial charge in [-0.25, -0.2) is 4.79 Å². The first-order valence-electron chi connectivity index (χ1n) is 3.09. The van der Waals surface area contributed by atoms with Gasteiger partial charge >= 0.3 is 5.97 Å². The van der Waals surface area contributed by atoms with E-state index in [9.17, 15) is 9.90 Å². The summed E-state index contributed by atoms with van der Waals surface area (Å²) in [5.74, 6) is -0.539. The molecule has 0 spiro atoms. The van der Waals surface area contributed by atoms with E-state index in [-0.39, 0.29) is 5.75 Å². The average Bonchev–Trinajstić information content (AvgIpc) is 2.05. The molecule has 3 heteroatoms. The molecule has 1 radical (unpaired) electrons. The van der Waals surface area contributed by atoms with E-state index in [0.29, 0.717) is 5.56 Å². The lowest BCUT2D eigenvalue weighted by atomic mass is 10.2. The molecule has 0 N–H and O–H groups in total. The molecule has 0 saturated heterocycles. The Morgan fingerprint density at radius 3 is 2.27 bits per heavy atom. The van der Waals surface area contributed by atoms with Crippen molar-refractivity contribution in [2.24, 2.45) is 0 Å². The van der Waals surface area contributed by atoms with Crippen LogP contribution in [0.15, 0.2) is 24.3 Å². The predicted molar refractivity (Wildman–Crippen MR) is 37.9 cm³/mol. The number of methoxy groups -OCH3 is 1. The van der Waals surface area contributed by atoms with Crippen molar-refractivity contribution in [2.75, 3.05) is 7.11 Å². The zero-order valence-electron chi connectivity index (χ0n) is 6.03. The zero-order chi connectivity index (χ0) is 8.27. The first-order chi connectivity index (χ1) is 5.24. The summed E-state index contributed by atoms with van der Waals surface area (Å²) in [5, 5.41) is 10.6. The second-order valence-electron chi connectivity index (χ2n) is 2.02. The number of benzene rings is 1. The van der Waals surface area contributed by atoms with Crippen molar-refractivity contribution in [3.63, 3.8) is 0 Å². The first-order valence-corrected chi connectivity index (χ1v) is 3.09. The van der Waals surface area contributed by atoms with Crippen molar-refractivity contribution in [2.45, 2.75) is 0 Å². The molecule has 0 heterocycles. The second-order valence-corrected chi connectivity index (χ2v) is 2.02. The Morgan fingerprint density at radius 2 is 1.82 bits per heavy atom. The molecular weight excluding hydrogens is 144 g/mol. The molecule has 0 aliphatic heterocycles. The van der Waals surface area contributed by atoms with Crippen LogP contribution in [0, 0.1) is 0 Å². The Kier molecular flexibility index (Phi) is 2.11. The highest BCUT2D eigenvalue weighted by atomic mass is 16.5. The smallest absolute Gasteiger partial charge is 0.337 e. The van der Waals surface area contributed by atoms with E-state index in [2.05, 4.69) is 4.74 Å². The van der Waals surface area contributed by atoms with Crippen LogP contribution in [-0.4, -0.2) is 13.1 Å². The molecule has 57 valence electrons. The lowest BCUT2D eigenvalue weighted by molar-refractivity contribution is 0.0600. The topological polar surface area (TPSA) is 46.2 Å². The highest BCUT2D eigenvalue weighted by Crippen LogP contribution is 2.10. The van der Waals surface area contributed by atoms with Crippen molar-refractivity contribution < 1.29 is 14.6 Å². The summed E-state index contributed by atoms with van der Waals surface area (Å²) in [5.41, 5.74) is 0.395. The van der Waals surface area contributed by atoms with Gasteiger partial charge in [-0.1, -0.05) is 0 Å². The summed E-state index contributed by atoms with van der Waals surface area (Å²) in [4.78, 5) is 10.8. The third kappa shape index (κ3) is 1.70. The number of hydrogen-bond acceptors (Lipinski definition) is 2. The van der Waals surface area contributed by atoms with Gasteiger partial charge in [-0.15, -0.1) is 0 Å². The molecule has 0 fully saturated rings. The van der Waals surface area contributed by atoms with E-state index in [1.165, 1.54) is 31.4 Å². The van der Waals surface area contributed by atoms with Gasteiger partial charge in [0.25, 0.3) is 0 Å². The Bertz CT molecular complexity index is 251. The first kappa shape index (κ1) is 7.60. The van der Waals surface area contributed by atoms with Crippen LogP contribution >= 0.6 is 0 Å². The van der Waals surface area contributed by atoms with Gasteiger partial charge in [0, 0.05) is 0 Å². The van der Waals surface area contributed by atoms with Gasteiger partial charge in [0.05, 0.1) is 12.7 Å². The van der Waals surface area contributed by atoms with Crippen LogP contribution < -0.4 is 0 Å². The summed E-state index contributed by atoms with van der Waals surface area (Å²) in [6, 6.07) is 5.53. The molecule has 1 rings (SSSR count). The van der Waals surface area contributed by atoms with Gasteiger partial charge in [0.1, 0.15) is 0 Å². The molecule has 11 heavy (non-hydrogen) atoms. The van der Waals surface area contributed by atoms with Crippen molar-refractivity contribution >= 4 is 5.97 Å². The number of ether oxygens (including phenoxy) is 1. The zero-order valence-corrected chi connectivity index (χ0v) is 6.03. The largest absolute Gasteiger partial charge is 0.465 e. The SMILES string of the molecule is COC(=O)c1ccc([O])cc1. The van der Waals surface area contributed by atoms with E-state index < -0.39 is 5.97 Å². The minimum absolute atomic E-state index is 0.113. The number of esters is 1. The molecule has 0 unspecified atom stereocenters. The highest BCUT2D eigenvalue weighted by Gasteiger charge is 2.03. The van der Waals surface area contributed by atoms with Gasteiger partial charge in [0.15, 0.2) is 5.75 Å². The maximum atomic E-state index is 10.8. The van der Waals surface area contributed by atoms with Gasteiger partial charge in [0.2, 0.25) is 0 Å². The molecule has 0 saturated carbocycles. The molecule has 0 bridgehead atoms. The monoisotopic (exact) mass is 151 g/mol. The predicted octanol–water partition coefficient (Wildman–Crippen LogP) is 1.62. The summed E-state index contributed by atoms with van der Waals surface area (Å²) >= 11 is 0. The molecule has 1 aromatic rings. The number of carbonyl (C=O) groups is 1. The maximum absolute atomic E-state index is 10.8. The third-order valence-electron chi connectivity index (χ3n) is 1.28. The summed E-state index contributed by atoms with van der Waals surface area (Å²) in [6.07, 6.45) is 0. The minimum Gasteiger partial charge on any atom is -0.465 e. The maximum Gasteiger partial charge on any atom is 0.337 e. The van der Waals surface area contributed by atoms with Crippen molar-refractivity contribution in [1.29, 1.82) is 0 Å². The van der Waals surface area contributed by atoms with Crippen LogP contribution in [0.1, 0.15) is 10.4 Å². The lowest BCUT2D eigenvalue weighted by Gasteiger charge is -1.96. The van der Waals surface area contributed by atoms with Crippen LogP contribution in [0.4, 0.5) is 0 Å². The second kappa shape index (κ2) is 3.05. The van der Waals surface area contributed by atoms with Crippen LogP contribution in [0.25, 0.3) is 0 Å². The standard InChI is InChI=1S/C8H7O3/c1-11-8(10)6-2-4-7(9)5-3-6/h2-5H,1H3. The lowest BCUT2D eigenvalue weighted by Crippen LogP contribution is -1.99. The fraction of sp³-hybridized carbons (Fsp3) is 0.125. The van der Waals surface area contributed by atoms with E-state index in [1.54, 1.807) is 0 Å². The molecule has 0 aliphatic carbocycles. The summed E-state index contributed by atoms with van der Waals surface area (Å²) in [7, 11) is 1.30. The molecular formula is C8H7O3. The molecule has 3 nitrogen and oxygen atoms in total. The Hall–Kier alpha value is -1.51. The van der Waals surface area contributed by atoms with E-state index in [4.69, 9.17) is 0 Å². The fourth-order valence-corrected chi connectivity index (χ4v) is 0.709. The van der Waals surface area contributed by atoms with Crippen LogP contribution in [0.3, 0.4) is 0 Å². The van der Waals surface area contributed by atoms with Gasteiger partial charge < -0.3 is 4.74 Å². The molecule has 1 aromatic carbocycles. The van der Waals surface area contributed by atoms with Crippen molar-refractivity contribution in [1.82, 2.24) is 0 Å². The van der Waals surface area contributed by atoms with E-state index >= 15 is 0 Å². The number of hydrogen-bond donors (Lipinski definition) is 0. The van der Waals surface area contributed by atoms with Crippen LogP contribution in [0.2, 0.25) is 0 Å². The van der Waals surface area contributed by atoms with Crippen LogP contribution in [0.5, 0.6) is 5.75 Å². The number of rotatable bonds is 1. The normalized spacial score (nSPS) is 9.18. The van der Waals surface area contributed by atoms with Gasteiger partial charge in [-0.05, 0) is 24.3 Å². The Labute approximate surface area is 64.2 Å². The molecule has 0 amide bonds.